The molecule has 1 aromatic rings. The molecule has 24 heavy (non-hydrogen) atoms. The molecule has 0 aliphatic carbocycles. The average molecular weight is 399 g/mol. The quantitative estimate of drug-likeness (QED) is 0.546. The van der Waals surface area contributed by atoms with Crippen LogP contribution in [0, 0.1) is 12.8 Å². The first kappa shape index (κ1) is 20.1. The molecule has 0 saturated carbocycles. The van der Waals surface area contributed by atoms with Crippen molar-refractivity contribution in [3.63, 3.8) is 0 Å². The Balaban J connectivity index is 2.34. The molecule has 7 nitrogen and oxygen atoms in total. The van der Waals surface area contributed by atoms with Crippen LogP contribution in [0.2, 0.25) is 0 Å². The molecule has 0 aromatic heterocycles. The lowest BCUT2D eigenvalue weighted by Gasteiger charge is -2.15. The number of nitrogens with two attached hydrogens (primary N) is 1. The number of aryl methyl sites for hydroxylation is 1. The van der Waals surface area contributed by atoms with Gasteiger partial charge in [-0.05, 0) is 36.6 Å². The molecule has 0 radical (unpaired) electrons. The summed E-state index contributed by atoms with van der Waals surface area (Å²) < 4.78 is 0.948. The zero-order valence-corrected chi connectivity index (χ0v) is 15.6. The number of anilines is 1. The van der Waals surface area contributed by atoms with Crippen LogP contribution >= 0.6 is 15.9 Å². The molecule has 0 spiro atoms. The third-order valence-electron chi connectivity index (χ3n) is 3.33. The fraction of sp³-hybridized carbons (Fsp3) is 0.438. The normalized spacial score (nSPS) is 11.8. The number of hydrogen-bond donors (Lipinski definition) is 4. The monoisotopic (exact) mass is 398 g/mol. The summed E-state index contributed by atoms with van der Waals surface area (Å²) in [7, 11) is 0. The van der Waals surface area contributed by atoms with Gasteiger partial charge in [-0.3, -0.25) is 14.4 Å². The number of hydrogen-bond acceptors (Lipinski definition) is 4. The summed E-state index contributed by atoms with van der Waals surface area (Å²) in [6.45, 7) is 5.15. The second-order valence-corrected chi connectivity index (χ2v) is 6.63. The van der Waals surface area contributed by atoms with Gasteiger partial charge in [-0.2, -0.15) is 0 Å². The molecule has 0 fully saturated rings. The van der Waals surface area contributed by atoms with Gasteiger partial charge in [-0.1, -0.05) is 29.8 Å². The molecule has 0 bridgehead atoms. The molecule has 1 aromatic carbocycles. The zero-order valence-electron chi connectivity index (χ0n) is 14.0. The minimum Gasteiger partial charge on any atom is -0.346 e. The number of nitrogens with one attached hydrogen (secondary N) is 3. The van der Waals surface area contributed by atoms with Crippen LogP contribution in [0.5, 0.6) is 0 Å². The molecule has 0 aliphatic heterocycles. The van der Waals surface area contributed by atoms with Crippen molar-refractivity contribution in [1.29, 1.82) is 0 Å². The largest absolute Gasteiger partial charge is 0.346 e. The van der Waals surface area contributed by atoms with Crippen LogP contribution < -0.4 is 21.7 Å². The highest BCUT2D eigenvalue weighted by Crippen LogP contribution is 2.19. The Bertz CT molecular complexity index is 619. The van der Waals surface area contributed by atoms with Crippen LogP contribution in [0.3, 0.4) is 0 Å². The first-order valence-corrected chi connectivity index (χ1v) is 8.36. The maximum absolute atomic E-state index is 11.8. The molecule has 1 atom stereocenters. The smallest absolute Gasteiger partial charge is 0.243 e. The molecular weight excluding hydrogens is 376 g/mol. The van der Waals surface area contributed by atoms with E-state index in [0.717, 1.165) is 10.0 Å². The maximum atomic E-state index is 11.8. The summed E-state index contributed by atoms with van der Waals surface area (Å²) in [5, 5.41) is 7.56. The van der Waals surface area contributed by atoms with Crippen LogP contribution in [0.1, 0.15) is 19.4 Å². The van der Waals surface area contributed by atoms with Crippen molar-refractivity contribution in [1.82, 2.24) is 10.6 Å². The van der Waals surface area contributed by atoms with Gasteiger partial charge >= 0.3 is 0 Å². The summed E-state index contributed by atoms with van der Waals surface area (Å²) in [6.07, 6.45) is 0. The lowest BCUT2D eigenvalue weighted by Crippen LogP contribution is -2.47. The van der Waals surface area contributed by atoms with Crippen LogP contribution in [0.15, 0.2) is 22.7 Å². The van der Waals surface area contributed by atoms with Crippen LogP contribution in [-0.2, 0) is 14.4 Å². The standard InChI is InChI=1S/C16H23BrN4O3/c1-9(2)15(18)16(24)20-7-13(22)19-8-14(23)21-11-4-5-12(17)10(3)6-11/h4-6,9,15H,7-8,18H2,1-3H3,(H,19,22)(H,20,24)(H,21,23)/t15-/m0/s1. The van der Waals surface area contributed by atoms with E-state index in [9.17, 15) is 14.4 Å². The van der Waals surface area contributed by atoms with Gasteiger partial charge in [-0.25, -0.2) is 0 Å². The van der Waals surface area contributed by atoms with Crippen molar-refractivity contribution in [2.45, 2.75) is 26.8 Å². The van der Waals surface area contributed by atoms with Gasteiger partial charge in [-0.15, -0.1) is 0 Å². The second kappa shape index (κ2) is 9.39. The van der Waals surface area contributed by atoms with Gasteiger partial charge in [0.1, 0.15) is 0 Å². The van der Waals surface area contributed by atoms with Gasteiger partial charge in [0.2, 0.25) is 17.7 Å². The maximum Gasteiger partial charge on any atom is 0.243 e. The summed E-state index contributed by atoms with van der Waals surface area (Å²) in [5.74, 6) is -1.22. The highest BCUT2D eigenvalue weighted by Gasteiger charge is 2.17. The number of carbonyl (C=O) groups is 3. The minimum absolute atomic E-state index is 0.0202. The molecule has 5 N–H and O–H groups in total. The van der Waals surface area contributed by atoms with E-state index in [0.29, 0.717) is 5.69 Å². The molecule has 0 aliphatic rings. The highest BCUT2D eigenvalue weighted by molar-refractivity contribution is 9.10. The van der Waals surface area contributed by atoms with Crippen LogP contribution in [0.25, 0.3) is 0 Å². The van der Waals surface area contributed by atoms with E-state index in [4.69, 9.17) is 5.73 Å². The molecule has 1 rings (SSSR count). The molecule has 0 heterocycles. The number of halogens is 1. The predicted octanol–water partition coefficient (Wildman–Crippen LogP) is 0.912. The third kappa shape index (κ3) is 6.67. The zero-order chi connectivity index (χ0) is 18.3. The number of amides is 3. The van der Waals surface area contributed by atoms with E-state index in [1.54, 1.807) is 6.07 Å². The van der Waals surface area contributed by atoms with Crippen molar-refractivity contribution in [3.8, 4) is 0 Å². The fourth-order valence-electron chi connectivity index (χ4n) is 1.76. The van der Waals surface area contributed by atoms with Gasteiger partial charge in [0.15, 0.2) is 0 Å². The predicted molar refractivity (Wildman–Crippen MR) is 96.3 cm³/mol. The van der Waals surface area contributed by atoms with E-state index < -0.39 is 17.9 Å². The van der Waals surface area contributed by atoms with Crippen molar-refractivity contribution in [2.24, 2.45) is 11.7 Å². The van der Waals surface area contributed by atoms with Gasteiger partial charge in [0, 0.05) is 10.2 Å². The van der Waals surface area contributed by atoms with E-state index >= 15 is 0 Å². The highest BCUT2D eigenvalue weighted by atomic mass is 79.9. The number of carbonyl (C=O) groups excluding carboxylic acids is 3. The van der Waals surface area contributed by atoms with Crippen LogP contribution in [0.4, 0.5) is 5.69 Å². The lowest BCUT2D eigenvalue weighted by atomic mass is 10.1. The third-order valence-corrected chi connectivity index (χ3v) is 4.22. The average Bonchev–Trinajstić information content (AvgIpc) is 2.53. The molecule has 132 valence electrons. The fourth-order valence-corrected chi connectivity index (χ4v) is 2.00. The van der Waals surface area contributed by atoms with E-state index in [1.165, 1.54) is 0 Å². The van der Waals surface area contributed by atoms with E-state index in [-0.39, 0.29) is 24.9 Å². The van der Waals surface area contributed by atoms with Gasteiger partial charge in [0.25, 0.3) is 0 Å². The second-order valence-electron chi connectivity index (χ2n) is 5.78. The topological polar surface area (TPSA) is 113 Å². The Hall–Kier alpha value is -1.93. The van der Waals surface area contributed by atoms with E-state index in [1.807, 2.05) is 32.9 Å². The summed E-state index contributed by atoms with van der Waals surface area (Å²) in [6, 6.07) is 4.74. The Labute approximate surface area is 149 Å². The molecule has 0 unspecified atom stereocenters. The SMILES string of the molecule is Cc1cc(NC(=O)CNC(=O)CNC(=O)[C@@H](N)C(C)C)ccc1Br. The summed E-state index contributed by atoms with van der Waals surface area (Å²) >= 11 is 3.38. The number of rotatable bonds is 7. The van der Waals surface area contributed by atoms with Gasteiger partial charge < -0.3 is 21.7 Å². The van der Waals surface area contributed by atoms with Crippen molar-refractivity contribution in [3.05, 3.63) is 28.2 Å². The molecule has 8 heteroatoms. The Kier molecular flexibility index (Phi) is 7.87. The van der Waals surface area contributed by atoms with Gasteiger partial charge in [0.05, 0.1) is 19.1 Å². The summed E-state index contributed by atoms with van der Waals surface area (Å²) in [4.78, 5) is 35.1. The Morgan fingerprint density at radius 3 is 2.33 bits per heavy atom. The van der Waals surface area contributed by atoms with Crippen molar-refractivity contribution >= 4 is 39.3 Å². The van der Waals surface area contributed by atoms with Crippen molar-refractivity contribution in [2.75, 3.05) is 18.4 Å². The minimum atomic E-state index is -0.665. The van der Waals surface area contributed by atoms with E-state index in [2.05, 4.69) is 31.9 Å². The first-order chi connectivity index (χ1) is 11.2. The van der Waals surface area contributed by atoms with Crippen molar-refractivity contribution < 1.29 is 14.4 Å². The Morgan fingerprint density at radius 1 is 1.12 bits per heavy atom. The first-order valence-electron chi connectivity index (χ1n) is 7.56. The molecule has 0 saturated heterocycles. The summed E-state index contributed by atoms with van der Waals surface area (Å²) in [5.41, 5.74) is 7.30. The molecular formula is C16H23BrN4O3. The Morgan fingerprint density at radius 2 is 1.75 bits per heavy atom. The number of benzene rings is 1. The molecule has 3 amide bonds. The lowest BCUT2D eigenvalue weighted by molar-refractivity contribution is -0.127. The van der Waals surface area contributed by atoms with Crippen LogP contribution in [-0.4, -0.2) is 36.9 Å².